The lowest BCUT2D eigenvalue weighted by Crippen LogP contribution is -2.74. The Labute approximate surface area is 125 Å². The van der Waals surface area contributed by atoms with E-state index in [1.165, 1.54) is 7.11 Å². The summed E-state index contributed by atoms with van der Waals surface area (Å²) in [4.78, 5) is 28.6. The van der Waals surface area contributed by atoms with Crippen molar-refractivity contribution >= 4 is 12.0 Å². The molecule has 4 fully saturated rings. The highest BCUT2D eigenvalue weighted by molar-refractivity contribution is 5.91. The van der Waals surface area contributed by atoms with E-state index in [0.717, 1.165) is 25.9 Å². The molecular weight excluding hydrogens is 270 g/mol. The van der Waals surface area contributed by atoms with E-state index in [2.05, 4.69) is 18.7 Å². The van der Waals surface area contributed by atoms with Gasteiger partial charge in [-0.25, -0.2) is 4.79 Å². The summed E-state index contributed by atoms with van der Waals surface area (Å²) in [6.07, 6.45) is 1.53. The van der Waals surface area contributed by atoms with Crippen molar-refractivity contribution in [2.45, 2.75) is 38.3 Å². The number of hydrogen-bond donors (Lipinski definition) is 1. The number of nitrogens with two attached hydrogens (primary N) is 1. The van der Waals surface area contributed by atoms with Crippen LogP contribution in [0.15, 0.2) is 0 Å². The molecule has 0 radical (unpaired) electrons. The van der Waals surface area contributed by atoms with Crippen molar-refractivity contribution in [3.8, 4) is 0 Å². The Morgan fingerprint density at radius 1 is 1.33 bits per heavy atom. The van der Waals surface area contributed by atoms with Crippen LogP contribution in [0.1, 0.15) is 26.7 Å². The fraction of sp³-hybridized carbons (Fsp3) is 0.867. The van der Waals surface area contributed by atoms with Crippen molar-refractivity contribution in [1.29, 1.82) is 0 Å². The molecule has 21 heavy (non-hydrogen) atoms. The summed E-state index contributed by atoms with van der Waals surface area (Å²) in [7, 11) is 1.37. The van der Waals surface area contributed by atoms with Gasteiger partial charge in [-0.3, -0.25) is 14.6 Å². The highest BCUT2D eigenvalue weighted by Gasteiger charge is 2.68. The van der Waals surface area contributed by atoms with Gasteiger partial charge in [-0.2, -0.15) is 0 Å². The molecular formula is C15H25N3O3. The molecule has 4 atom stereocenters. The average molecular weight is 295 g/mol. The third-order valence-electron chi connectivity index (χ3n) is 5.48. The second kappa shape index (κ2) is 4.87. The van der Waals surface area contributed by atoms with E-state index in [0.29, 0.717) is 18.4 Å². The van der Waals surface area contributed by atoms with Crippen LogP contribution < -0.4 is 5.73 Å². The van der Waals surface area contributed by atoms with Crippen LogP contribution in [0.25, 0.3) is 0 Å². The topological polar surface area (TPSA) is 75.9 Å². The fourth-order valence-corrected chi connectivity index (χ4v) is 4.96. The predicted octanol–water partition coefficient (Wildman–Crippen LogP) is 0.659. The SMILES string of the molecule is COC(=O)N1CC2CC3CN(CC(C)C)C(C2)C31C(N)=O. The van der Waals surface area contributed by atoms with Crippen LogP contribution in [-0.2, 0) is 9.53 Å². The lowest BCUT2D eigenvalue weighted by molar-refractivity contribution is -0.144. The number of piperidine rings is 2. The molecule has 3 saturated heterocycles. The summed E-state index contributed by atoms with van der Waals surface area (Å²) in [5.41, 5.74) is 4.95. The zero-order valence-corrected chi connectivity index (χ0v) is 13.0. The number of methoxy groups -OCH3 is 1. The number of rotatable bonds is 3. The number of amides is 2. The number of ether oxygens (including phenoxy) is 1. The fourth-order valence-electron chi connectivity index (χ4n) is 4.96. The third kappa shape index (κ3) is 1.88. The van der Waals surface area contributed by atoms with Gasteiger partial charge in [0, 0.05) is 31.6 Å². The molecule has 4 rings (SSSR count). The van der Waals surface area contributed by atoms with Gasteiger partial charge < -0.3 is 10.5 Å². The molecule has 4 unspecified atom stereocenters. The summed E-state index contributed by atoms with van der Waals surface area (Å²) in [5, 5.41) is 0. The molecule has 2 N–H and O–H groups in total. The van der Waals surface area contributed by atoms with Crippen LogP contribution in [-0.4, -0.2) is 60.1 Å². The maximum atomic E-state index is 12.4. The van der Waals surface area contributed by atoms with Crippen molar-refractivity contribution in [1.82, 2.24) is 9.80 Å². The van der Waals surface area contributed by atoms with E-state index in [4.69, 9.17) is 10.5 Å². The normalized spacial score (nSPS) is 38.1. The monoisotopic (exact) mass is 295 g/mol. The van der Waals surface area contributed by atoms with Crippen LogP contribution in [0, 0.1) is 17.8 Å². The summed E-state index contributed by atoms with van der Waals surface area (Å²) < 4.78 is 4.92. The van der Waals surface area contributed by atoms with E-state index in [9.17, 15) is 9.59 Å². The maximum absolute atomic E-state index is 12.4. The zero-order valence-electron chi connectivity index (χ0n) is 13.0. The van der Waals surface area contributed by atoms with Gasteiger partial charge in [-0.15, -0.1) is 0 Å². The van der Waals surface area contributed by atoms with Crippen molar-refractivity contribution in [3.63, 3.8) is 0 Å². The molecule has 118 valence electrons. The summed E-state index contributed by atoms with van der Waals surface area (Å²) in [6, 6.07) is 0.0500. The van der Waals surface area contributed by atoms with Gasteiger partial charge in [0.25, 0.3) is 0 Å². The van der Waals surface area contributed by atoms with Crippen LogP contribution in [0.4, 0.5) is 4.79 Å². The van der Waals surface area contributed by atoms with Crippen LogP contribution in [0.3, 0.4) is 0 Å². The first-order valence-electron chi connectivity index (χ1n) is 7.80. The van der Waals surface area contributed by atoms with Crippen LogP contribution in [0.2, 0.25) is 0 Å². The van der Waals surface area contributed by atoms with Crippen molar-refractivity contribution in [2.24, 2.45) is 23.5 Å². The molecule has 4 bridgehead atoms. The van der Waals surface area contributed by atoms with Gasteiger partial charge in [0.05, 0.1) is 7.11 Å². The van der Waals surface area contributed by atoms with Gasteiger partial charge in [0.2, 0.25) is 5.91 Å². The second-order valence-electron chi connectivity index (χ2n) is 7.17. The number of primary amides is 1. The number of likely N-dealkylation sites (tertiary alicyclic amines) is 1. The largest absolute Gasteiger partial charge is 0.453 e. The number of nitrogens with zero attached hydrogens (tertiary/aromatic N) is 2. The highest BCUT2D eigenvalue weighted by Crippen LogP contribution is 2.53. The molecule has 1 saturated carbocycles. The Hall–Kier alpha value is -1.30. The molecule has 6 nitrogen and oxygen atoms in total. The smallest absolute Gasteiger partial charge is 0.410 e. The zero-order chi connectivity index (χ0) is 15.4. The average Bonchev–Trinajstić information content (AvgIpc) is 2.64. The Morgan fingerprint density at radius 2 is 2.05 bits per heavy atom. The minimum atomic E-state index is -0.864. The van der Waals surface area contributed by atoms with E-state index < -0.39 is 11.6 Å². The second-order valence-corrected chi connectivity index (χ2v) is 7.17. The van der Waals surface area contributed by atoms with Crippen LogP contribution in [0.5, 0.6) is 0 Å². The van der Waals surface area contributed by atoms with E-state index in [-0.39, 0.29) is 17.9 Å². The molecule has 0 spiro atoms. The molecule has 0 aromatic heterocycles. The predicted molar refractivity (Wildman–Crippen MR) is 77.4 cm³/mol. The van der Waals surface area contributed by atoms with Crippen molar-refractivity contribution in [2.75, 3.05) is 26.7 Å². The minimum absolute atomic E-state index is 0.0500. The first-order valence-corrected chi connectivity index (χ1v) is 7.80. The van der Waals surface area contributed by atoms with E-state index in [1.54, 1.807) is 4.90 Å². The Balaban J connectivity index is 2.00. The molecule has 1 aliphatic carbocycles. The van der Waals surface area contributed by atoms with Gasteiger partial charge in [-0.05, 0) is 24.7 Å². The first-order chi connectivity index (χ1) is 9.91. The molecule has 2 amide bonds. The molecule has 0 aromatic carbocycles. The van der Waals surface area contributed by atoms with Gasteiger partial charge in [-0.1, -0.05) is 13.8 Å². The highest BCUT2D eigenvalue weighted by atomic mass is 16.5. The molecule has 3 heterocycles. The maximum Gasteiger partial charge on any atom is 0.410 e. The molecule has 0 aromatic rings. The summed E-state index contributed by atoms with van der Waals surface area (Å²) >= 11 is 0. The lowest BCUT2D eigenvalue weighted by atomic mass is 9.63. The Morgan fingerprint density at radius 3 is 2.62 bits per heavy atom. The summed E-state index contributed by atoms with van der Waals surface area (Å²) in [6.45, 7) is 6.75. The van der Waals surface area contributed by atoms with E-state index in [1.807, 2.05) is 0 Å². The molecule has 3 aliphatic heterocycles. The number of carbonyl (C=O) groups is 2. The number of hydrogen-bond acceptors (Lipinski definition) is 4. The van der Waals surface area contributed by atoms with Gasteiger partial charge in [0.1, 0.15) is 5.54 Å². The Kier molecular flexibility index (Phi) is 3.39. The molecule has 6 heteroatoms. The molecule has 4 aliphatic rings. The Bertz CT molecular complexity index is 467. The summed E-state index contributed by atoms with van der Waals surface area (Å²) in [5.74, 6) is 0.759. The van der Waals surface area contributed by atoms with Crippen molar-refractivity contribution < 1.29 is 14.3 Å². The number of carbonyl (C=O) groups excluding carboxylic acids is 2. The van der Waals surface area contributed by atoms with Gasteiger partial charge >= 0.3 is 6.09 Å². The van der Waals surface area contributed by atoms with Crippen LogP contribution >= 0.6 is 0 Å². The van der Waals surface area contributed by atoms with E-state index >= 15 is 0 Å². The number of fused-ring (bicyclic) bond motifs is 1. The third-order valence-corrected chi connectivity index (χ3v) is 5.48. The minimum Gasteiger partial charge on any atom is -0.453 e. The first kappa shape index (κ1) is 14.6. The standard InChI is InChI=1S/C15H25N3O3/c1-9(2)6-17-8-11-4-10-5-12(17)15(11,13(16)19)18(7-10)14(20)21-3/h9-12H,4-8H2,1-3H3,(H2,16,19). The van der Waals surface area contributed by atoms with Crippen molar-refractivity contribution in [3.05, 3.63) is 0 Å². The quantitative estimate of drug-likeness (QED) is 0.830. The van der Waals surface area contributed by atoms with Gasteiger partial charge in [0.15, 0.2) is 0 Å². The lowest BCUT2D eigenvalue weighted by Gasteiger charge is -2.56.